The van der Waals surface area contributed by atoms with Gasteiger partial charge in [0, 0.05) is 5.39 Å². The summed E-state index contributed by atoms with van der Waals surface area (Å²) < 4.78 is 0. The van der Waals surface area contributed by atoms with Crippen LogP contribution in [0.1, 0.15) is 82.3 Å². The van der Waals surface area contributed by atoms with Crippen molar-refractivity contribution in [2.75, 3.05) is 5.32 Å². The van der Waals surface area contributed by atoms with Crippen molar-refractivity contribution in [2.24, 2.45) is 5.16 Å². The van der Waals surface area contributed by atoms with E-state index in [-0.39, 0.29) is 0 Å². The second-order valence-corrected chi connectivity index (χ2v) is 9.01. The first kappa shape index (κ1) is 25.5. The number of amides is 1. The fourth-order valence-electron chi connectivity index (χ4n) is 4.16. The van der Waals surface area contributed by atoms with E-state index in [9.17, 15) is 4.79 Å². The van der Waals surface area contributed by atoms with Gasteiger partial charge in [0.15, 0.2) is 0 Å². The van der Waals surface area contributed by atoms with E-state index in [1.807, 2.05) is 54.6 Å². The van der Waals surface area contributed by atoms with Gasteiger partial charge >= 0.3 is 6.09 Å². The molecule has 0 bridgehead atoms. The average molecular weight is 459 g/mol. The number of nitrogens with zero attached hydrogens (tertiary/aromatic N) is 1. The Morgan fingerprint density at radius 2 is 1.44 bits per heavy atom. The minimum absolute atomic E-state index is 0.576. The fraction of sp³-hybridized carbons (Fsp3) is 0.400. The van der Waals surface area contributed by atoms with Crippen molar-refractivity contribution in [2.45, 2.75) is 78.1 Å². The summed E-state index contributed by atoms with van der Waals surface area (Å²) in [7, 11) is 0. The highest BCUT2D eigenvalue weighted by atomic mass is 16.7. The Labute approximate surface area is 204 Å². The Morgan fingerprint density at radius 1 is 0.794 bits per heavy atom. The van der Waals surface area contributed by atoms with Gasteiger partial charge in [0.05, 0.1) is 11.4 Å². The summed E-state index contributed by atoms with van der Waals surface area (Å²) >= 11 is 0. The molecule has 3 aromatic carbocycles. The molecule has 0 aliphatic heterocycles. The fourth-order valence-corrected chi connectivity index (χ4v) is 4.16. The molecule has 4 heteroatoms. The van der Waals surface area contributed by atoms with Gasteiger partial charge in [0.1, 0.15) is 0 Å². The lowest BCUT2D eigenvalue weighted by atomic mass is 10.0. The molecule has 180 valence electrons. The van der Waals surface area contributed by atoms with Gasteiger partial charge < -0.3 is 0 Å². The number of aryl methyl sites for hydroxylation is 1. The molecule has 3 aromatic rings. The maximum absolute atomic E-state index is 12.5. The molecule has 1 N–H and O–H groups in total. The van der Waals surface area contributed by atoms with E-state index in [4.69, 9.17) is 4.84 Å². The first-order valence-corrected chi connectivity index (χ1v) is 12.8. The largest absolute Gasteiger partial charge is 0.437 e. The summed E-state index contributed by atoms with van der Waals surface area (Å²) in [5.74, 6) is 0. The molecule has 0 atom stereocenters. The average Bonchev–Trinajstić information content (AvgIpc) is 2.86. The lowest BCUT2D eigenvalue weighted by Gasteiger charge is -2.09. The van der Waals surface area contributed by atoms with Gasteiger partial charge in [-0.2, -0.15) is 0 Å². The van der Waals surface area contributed by atoms with Gasteiger partial charge in [-0.1, -0.05) is 130 Å². The van der Waals surface area contributed by atoms with Crippen LogP contribution in [0.5, 0.6) is 0 Å². The Hall–Kier alpha value is -3.14. The number of oxime groups is 1. The lowest BCUT2D eigenvalue weighted by Crippen LogP contribution is -2.13. The molecule has 0 aromatic heterocycles. The molecular weight excluding hydrogens is 420 g/mol. The van der Waals surface area contributed by atoms with E-state index < -0.39 is 6.09 Å². The third kappa shape index (κ3) is 8.33. The van der Waals surface area contributed by atoms with Crippen molar-refractivity contribution >= 4 is 28.3 Å². The van der Waals surface area contributed by atoms with E-state index in [1.54, 1.807) is 0 Å². The van der Waals surface area contributed by atoms with Gasteiger partial charge in [-0.3, -0.25) is 10.2 Å². The smallest absolute Gasteiger partial charge is 0.297 e. The number of rotatable bonds is 13. The Kier molecular flexibility index (Phi) is 10.6. The highest BCUT2D eigenvalue weighted by molar-refractivity contribution is 6.02. The van der Waals surface area contributed by atoms with Crippen molar-refractivity contribution in [3.63, 3.8) is 0 Å². The number of unbranched alkanes of at least 4 members (excludes halogenated alkanes) is 8. The molecule has 0 unspecified atom stereocenters. The standard InChI is InChI=1S/C30H38N2O2/c1-3-4-5-6-7-8-9-10-11-18-28(26-22-20-24(2)21-23-26)32-34-30(33)31-29-19-14-16-25-15-12-13-17-27(25)29/h12-17,19-23H,3-11,18H2,1-2H3,(H,31,33). The molecule has 34 heavy (non-hydrogen) atoms. The molecule has 4 nitrogen and oxygen atoms in total. The van der Waals surface area contributed by atoms with Crippen molar-refractivity contribution < 1.29 is 9.63 Å². The van der Waals surface area contributed by atoms with Crippen molar-refractivity contribution in [1.82, 2.24) is 0 Å². The van der Waals surface area contributed by atoms with Crippen LogP contribution in [0.15, 0.2) is 71.9 Å². The van der Waals surface area contributed by atoms with Crippen LogP contribution in [0, 0.1) is 6.92 Å². The van der Waals surface area contributed by atoms with Crippen LogP contribution in [0.4, 0.5) is 10.5 Å². The quantitative estimate of drug-likeness (QED) is 0.120. The second-order valence-electron chi connectivity index (χ2n) is 9.01. The molecule has 1 amide bonds. The Bertz CT molecular complexity index is 1050. The topological polar surface area (TPSA) is 50.7 Å². The summed E-state index contributed by atoms with van der Waals surface area (Å²) in [6.45, 7) is 4.32. The monoisotopic (exact) mass is 458 g/mol. The number of anilines is 1. The number of carbonyl (C=O) groups excluding carboxylic acids is 1. The van der Waals surface area contributed by atoms with Crippen LogP contribution >= 0.6 is 0 Å². The molecule has 0 aliphatic rings. The van der Waals surface area contributed by atoms with Gasteiger partial charge in [-0.15, -0.1) is 0 Å². The van der Waals surface area contributed by atoms with Crippen LogP contribution in [-0.2, 0) is 4.84 Å². The summed E-state index contributed by atoms with van der Waals surface area (Å²) in [4.78, 5) is 17.8. The van der Waals surface area contributed by atoms with Gasteiger partial charge in [-0.05, 0) is 36.8 Å². The number of carbonyl (C=O) groups is 1. The molecule has 0 fully saturated rings. The molecule has 0 saturated heterocycles. The Morgan fingerprint density at radius 3 is 2.18 bits per heavy atom. The third-order valence-electron chi connectivity index (χ3n) is 6.17. The molecule has 0 spiro atoms. The number of benzene rings is 3. The zero-order chi connectivity index (χ0) is 24.0. The Balaban J connectivity index is 1.55. The zero-order valence-electron chi connectivity index (χ0n) is 20.7. The summed E-state index contributed by atoms with van der Waals surface area (Å²) in [5, 5.41) is 9.15. The van der Waals surface area contributed by atoms with Gasteiger partial charge in [-0.25, -0.2) is 4.79 Å². The molecule has 0 radical (unpaired) electrons. The van der Waals surface area contributed by atoms with Crippen molar-refractivity contribution in [1.29, 1.82) is 0 Å². The van der Waals surface area contributed by atoms with E-state index in [1.165, 1.54) is 56.9 Å². The SMILES string of the molecule is CCCCCCCCCCCC(=NOC(=O)Nc1cccc2ccccc12)c1ccc(C)cc1. The second kappa shape index (κ2) is 14.2. The van der Waals surface area contributed by atoms with E-state index in [0.717, 1.165) is 34.9 Å². The van der Waals surface area contributed by atoms with Gasteiger partial charge in [0.2, 0.25) is 0 Å². The summed E-state index contributed by atoms with van der Waals surface area (Å²) in [6, 6.07) is 22.0. The van der Waals surface area contributed by atoms with E-state index in [2.05, 4.69) is 36.5 Å². The number of nitrogens with one attached hydrogen (secondary N) is 1. The van der Waals surface area contributed by atoms with Crippen molar-refractivity contribution in [3.05, 3.63) is 77.9 Å². The number of fused-ring (bicyclic) bond motifs is 1. The summed E-state index contributed by atoms with van der Waals surface area (Å²) in [6.07, 6.45) is 11.7. The first-order valence-electron chi connectivity index (χ1n) is 12.8. The number of hydrogen-bond acceptors (Lipinski definition) is 3. The van der Waals surface area contributed by atoms with Crippen LogP contribution in [0.25, 0.3) is 10.8 Å². The van der Waals surface area contributed by atoms with Crippen LogP contribution in [0.3, 0.4) is 0 Å². The molecule has 3 rings (SSSR count). The molecular formula is C30H38N2O2. The maximum Gasteiger partial charge on any atom is 0.437 e. The van der Waals surface area contributed by atoms with Crippen LogP contribution in [0.2, 0.25) is 0 Å². The predicted molar refractivity (Wildman–Crippen MR) is 144 cm³/mol. The first-order chi connectivity index (χ1) is 16.7. The third-order valence-corrected chi connectivity index (χ3v) is 6.17. The number of hydrogen-bond donors (Lipinski definition) is 1. The normalized spacial score (nSPS) is 11.5. The van der Waals surface area contributed by atoms with E-state index >= 15 is 0 Å². The van der Waals surface area contributed by atoms with Crippen molar-refractivity contribution in [3.8, 4) is 0 Å². The highest BCUT2D eigenvalue weighted by Crippen LogP contribution is 2.23. The molecule has 0 saturated carbocycles. The molecule has 0 heterocycles. The predicted octanol–water partition coefficient (Wildman–Crippen LogP) is 9.02. The summed E-state index contributed by atoms with van der Waals surface area (Å²) in [5.41, 5.74) is 3.73. The lowest BCUT2D eigenvalue weighted by molar-refractivity contribution is 0.166. The van der Waals surface area contributed by atoms with Crippen LogP contribution in [-0.4, -0.2) is 11.8 Å². The van der Waals surface area contributed by atoms with E-state index in [0.29, 0.717) is 5.69 Å². The van der Waals surface area contributed by atoms with Gasteiger partial charge in [0.25, 0.3) is 0 Å². The minimum Gasteiger partial charge on any atom is -0.297 e. The maximum atomic E-state index is 12.5. The molecule has 0 aliphatic carbocycles. The van der Waals surface area contributed by atoms with Crippen LogP contribution < -0.4 is 5.32 Å². The minimum atomic E-state index is -0.576. The highest BCUT2D eigenvalue weighted by Gasteiger charge is 2.10. The zero-order valence-corrected chi connectivity index (χ0v) is 20.7.